The maximum Gasteiger partial charge on any atom is 0.511 e. The molecule has 4 aromatic rings. The summed E-state index contributed by atoms with van der Waals surface area (Å²) in [6.07, 6.45) is 2.93. The summed E-state index contributed by atoms with van der Waals surface area (Å²) in [6, 6.07) is 9.41. The van der Waals surface area contributed by atoms with Gasteiger partial charge in [0, 0.05) is 37.3 Å². The summed E-state index contributed by atoms with van der Waals surface area (Å²) in [6.45, 7) is 3.96. The van der Waals surface area contributed by atoms with Crippen LogP contribution in [0.3, 0.4) is 0 Å². The van der Waals surface area contributed by atoms with E-state index < -0.39 is 6.16 Å². The van der Waals surface area contributed by atoms with E-state index in [2.05, 4.69) is 20.4 Å². The van der Waals surface area contributed by atoms with Gasteiger partial charge in [0.25, 0.3) is 5.91 Å². The Balaban J connectivity index is 1.31. The molecule has 1 amide bonds. The summed E-state index contributed by atoms with van der Waals surface area (Å²) in [5.74, 6) is 0.668. The molecule has 0 radical (unpaired) electrons. The second-order valence-electron chi connectivity index (χ2n) is 9.80. The highest BCUT2D eigenvalue weighted by Crippen LogP contribution is 2.33. The van der Waals surface area contributed by atoms with Gasteiger partial charge in [-0.25, -0.2) is 9.78 Å². The van der Waals surface area contributed by atoms with Gasteiger partial charge in [-0.2, -0.15) is 0 Å². The van der Waals surface area contributed by atoms with Gasteiger partial charge in [0.15, 0.2) is 11.6 Å². The molecule has 1 aromatic carbocycles. The first-order valence-electron chi connectivity index (χ1n) is 12.5. The number of rotatable bonds is 7. The molecule has 6 rings (SSSR count). The Labute approximate surface area is 227 Å². The number of ether oxygens (including phenoxy) is 1. The molecule has 3 aromatic heterocycles. The summed E-state index contributed by atoms with van der Waals surface area (Å²) in [7, 11) is 0. The number of aromatic nitrogens is 3. The maximum atomic E-state index is 13.5. The lowest BCUT2D eigenvalue weighted by atomic mass is 10.0. The standard InChI is InChI=1S/C26H26ClN5O5S/c1-14-10-18(36-26(34)35)12-19-23(14)29-24(25(33)28-15-6-8-31(9-7-15)17-2-3-17)32(19)13-16-11-20(37-30-16)21-4-5-22(27)38-21/h4-5,10-12,15,17H,2-3,6-9,13H2,1H3,(H,28,33)(H,34,35). The number of hydrogen-bond donors (Lipinski definition) is 2. The Bertz CT molecular complexity index is 1520. The molecule has 1 aliphatic carbocycles. The fourth-order valence-electron chi connectivity index (χ4n) is 5.06. The molecule has 2 fully saturated rings. The van der Waals surface area contributed by atoms with Crippen LogP contribution in [0.4, 0.5) is 4.79 Å². The predicted octanol–water partition coefficient (Wildman–Crippen LogP) is 5.18. The normalized spacial score (nSPS) is 16.7. The molecule has 0 unspecified atom stereocenters. The third-order valence-corrected chi connectivity index (χ3v) is 8.30. The van der Waals surface area contributed by atoms with Crippen molar-refractivity contribution in [2.75, 3.05) is 13.1 Å². The number of aryl methyl sites for hydroxylation is 1. The van der Waals surface area contributed by atoms with Crippen molar-refractivity contribution in [2.24, 2.45) is 0 Å². The molecule has 1 aliphatic heterocycles. The third kappa shape index (κ3) is 5.13. The highest BCUT2D eigenvalue weighted by Gasteiger charge is 2.33. The van der Waals surface area contributed by atoms with Crippen LogP contribution < -0.4 is 10.1 Å². The number of likely N-dealkylation sites (tertiary alicyclic amines) is 1. The van der Waals surface area contributed by atoms with Crippen LogP contribution in [0.1, 0.15) is 47.6 Å². The van der Waals surface area contributed by atoms with E-state index >= 15 is 0 Å². The van der Waals surface area contributed by atoms with Gasteiger partial charge in [-0.1, -0.05) is 16.8 Å². The third-order valence-electron chi connectivity index (χ3n) is 7.05. The van der Waals surface area contributed by atoms with E-state index in [9.17, 15) is 9.59 Å². The topological polar surface area (TPSA) is 123 Å². The second-order valence-corrected chi connectivity index (χ2v) is 11.5. The average molecular weight is 556 g/mol. The van der Waals surface area contributed by atoms with Crippen LogP contribution in [0.25, 0.3) is 21.7 Å². The number of nitrogens with zero attached hydrogens (tertiary/aromatic N) is 4. The number of imidazole rings is 1. The number of carboxylic acid groups (broad SMARTS) is 1. The van der Waals surface area contributed by atoms with Crippen molar-refractivity contribution in [3.8, 4) is 16.4 Å². The lowest BCUT2D eigenvalue weighted by molar-refractivity contribution is 0.0895. The number of piperidine rings is 1. The molecule has 4 heterocycles. The molecule has 1 saturated heterocycles. The van der Waals surface area contributed by atoms with Crippen LogP contribution in [0.5, 0.6) is 5.75 Å². The zero-order valence-electron chi connectivity index (χ0n) is 20.6. The second kappa shape index (κ2) is 10.0. The Morgan fingerprint density at radius 3 is 2.68 bits per heavy atom. The number of fused-ring (bicyclic) bond motifs is 1. The minimum Gasteiger partial charge on any atom is -0.449 e. The summed E-state index contributed by atoms with van der Waals surface area (Å²) >= 11 is 7.45. The number of benzene rings is 1. The quantitative estimate of drug-likeness (QED) is 0.236. The van der Waals surface area contributed by atoms with E-state index in [-0.39, 0.29) is 30.1 Å². The average Bonchev–Trinajstić information content (AvgIpc) is 3.28. The molecule has 0 spiro atoms. The van der Waals surface area contributed by atoms with Crippen molar-refractivity contribution in [1.82, 2.24) is 24.9 Å². The van der Waals surface area contributed by atoms with Gasteiger partial charge >= 0.3 is 6.16 Å². The van der Waals surface area contributed by atoms with Crippen molar-refractivity contribution in [3.63, 3.8) is 0 Å². The van der Waals surface area contributed by atoms with Gasteiger partial charge in [-0.05, 0) is 56.4 Å². The van der Waals surface area contributed by atoms with E-state index in [1.807, 2.05) is 6.07 Å². The largest absolute Gasteiger partial charge is 0.511 e. The van der Waals surface area contributed by atoms with Crippen molar-refractivity contribution in [1.29, 1.82) is 0 Å². The van der Waals surface area contributed by atoms with Crippen LogP contribution in [0.2, 0.25) is 4.34 Å². The van der Waals surface area contributed by atoms with Crippen molar-refractivity contribution in [3.05, 3.63) is 51.7 Å². The molecule has 198 valence electrons. The van der Waals surface area contributed by atoms with E-state index in [4.69, 9.17) is 26.0 Å². The number of carbonyl (C=O) groups excluding carboxylic acids is 1. The SMILES string of the molecule is Cc1cc(OC(=O)O)cc2c1nc(C(=O)NC1CCN(C3CC3)CC1)n2Cc1cc(-c2ccc(Cl)s2)on1. The van der Waals surface area contributed by atoms with Crippen molar-refractivity contribution < 1.29 is 24.0 Å². The van der Waals surface area contributed by atoms with E-state index in [0.29, 0.717) is 32.4 Å². The number of hydrogen-bond acceptors (Lipinski definition) is 8. The summed E-state index contributed by atoms with van der Waals surface area (Å²) in [4.78, 5) is 32.8. The smallest absolute Gasteiger partial charge is 0.449 e. The minimum absolute atomic E-state index is 0.0694. The lowest BCUT2D eigenvalue weighted by Gasteiger charge is -2.32. The van der Waals surface area contributed by atoms with Gasteiger partial charge < -0.3 is 29.2 Å². The Morgan fingerprint density at radius 2 is 2.00 bits per heavy atom. The van der Waals surface area contributed by atoms with Crippen LogP contribution >= 0.6 is 22.9 Å². The fourth-order valence-corrected chi connectivity index (χ4v) is 6.05. The predicted molar refractivity (Wildman–Crippen MR) is 142 cm³/mol. The van der Waals surface area contributed by atoms with Crippen molar-refractivity contribution in [2.45, 2.75) is 51.2 Å². The van der Waals surface area contributed by atoms with Gasteiger partial charge in [0.1, 0.15) is 11.4 Å². The number of amides is 1. The first-order chi connectivity index (χ1) is 18.3. The number of thiophene rings is 1. The van der Waals surface area contributed by atoms with Gasteiger partial charge in [0.05, 0.1) is 26.8 Å². The molecular formula is C26H26ClN5O5S. The molecular weight excluding hydrogens is 530 g/mol. The molecule has 1 saturated carbocycles. The molecule has 2 aliphatic rings. The first kappa shape index (κ1) is 24.9. The summed E-state index contributed by atoms with van der Waals surface area (Å²) in [5, 5.41) is 16.5. The van der Waals surface area contributed by atoms with Crippen LogP contribution in [-0.4, -0.2) is 61.9 Å². The molecule has 10 nitrogen and oxygen atoms in total. The monoisotopic (exact) mass is 555 g/mol. The summed E-state index contributed by atoms with van der Waals surface area (Å²) < 4.78 is 12.8. The molecule has 38 heavy (non-hydrogen) atoms. The first-order valence-corrected chi connectivity index (χ1v) is 13.7. The van der Waals surface area contributed by atoms with E-state index in [1.165, 1.54) is 24.2 Å². The molecule has 2 N–H and O–H groups in total. The molecule has 0 atom stereocenters. The highest BCUT2D eigenvalue weighted by molar-refractivity contribution is 7.19. The highest BCUT2D eigenvalue weighted by atomic mass is 35.5. The van der Waals surface area contributed by atoms with Gasteiger partial charge in [-0.15, -0.1) is 11.3 Å². The fraction of sp³-hybridized carbons (Fsp3) is 0.385. The number of halogens is 1. The number of nitrogens with one attached hydrogen (secondary N) is 1. The van der Waals surface area contributed by atoms with E-state index in [0.717, 1.165) is 36.9 Å². The Hall–Kier alpha value is -3.41. The lowest BCUT2D eigenvalue weighted by Crippen LogP contribution is -2.45. The molecule has 0 bridgehead atoms. The Morgan fingerprint density at radius 1 is 1.21 bits per heavy atom. The maximum absolute atomic E-state index is 13.5. The van der Waals surface area contributed by atoms with E-state index in [1.54, 1.807) is 35.8 Å². The van der Waals surface area contributed by atoms with Crippen LogP contribution in [-0.2, 0) is 6.54 Å². The van der Waals surface area contributed by atoms with Crippen LogP contribution in [0, 0.1) is 6.92 Å². The minimum atomic E-state index is -1.42. The zero-order chi connectivity index (χ0) is 26.4. The Kier molecular flexibility index (Phi) is 6.58. The van der Waals surface area contributed by atoms with Gasteiger partial charge in [0.2, 0.25) is 0 Å². The van der Waals surface area contributed by atoms with Crippen LogP contribution in [0.15, 0.2) is 34.9 Å². The molecule has 12 heteroatoms. The number of carbonyl (C=O) groups is 2. The van der Waals surface area contributed by atoms with Crippen molar-refractivity contribution >= 4 is 46.0 Å². The summed E-state index contributed by atoms with van der Waals surface area (Å²) in [5.41, 5.74) is 2.43. The van der Waals surface area contributed by atoms with Gasteiger partial charge in [-0.3, -0.25) is 4.79 Å². The zero-order valence-corrected chi connectivity index (χ0v) is 22.2.